The third-order valence-corrected chi connectivity index (χ3v) is 3.54. The predicted molar refractivity (Wildman–Crippen MR) is 86.4 cm³/mol. The quantitative estimate of drug-likeness (QED) is 0.619. The van der Waals surface area contributed by atoms with E-state index in [1.165, 1.54) is 10.8 Å². The first-order valence-corrected chi connectivity index (χ1v) is 7.38. The summed E-state index contributed by atoms with van der Waals surface area (Å²) in [5.41, 5.74) is 2.05. The van der Waals surface area contributed by atoms with Crippen molar-refractivity contribution in [2.75, 3.05) is 6.61 Å². The highest BCUT2D eigenvalue weighted by Crippen LogP contribution is 2.34. The first-order valence-electron chi connectivity index (χ1n) is 7.38. The van der Waals surface area contributed by atoms with Crippen molar-refractivity contribution in [2.45, 2.75) is 19.8 Å². The molecule has 0 saturated heterocycles. The summed E-state index contributed by atoms with van der Waals surface area (Å²) in [6.07, 6.45) is 7.01. The third-order valence-electron chi connectivity index (χ3n) is 3.54. The average Bonchev–Trinajstić information content (AvgIpc) is 2.55. The molecule has 105 valence electrons. The Balaban J connectivity index is 2.06. The molecule has 0 unspecified atom stereocenters. The lowest BCUT2D eigenvalue weighted by atomic mass is 9.99. The summed E-state index contributed by atoms with van der Waals surface area (Å²) in [6.45, 7) is 2.89. The SMILES string of the molecule is CCCCOc1ccn[c]c1-c1cccc2ccccc12. The van der Waals surface area contributed by atoms with Crippen LogP contribution in [0.15, 0.2) is 54.7 Å². The van der Waals surface area contributed by atoms with E-state index in [2.05, 4.69) is 60.6 Å². The van der Waals surface area contributed by atoms with Crippen LogP contribution in [0.25, 0.3) is 21.9 Å². The molecule has 0 saturated carbocycles. The highest BCUT2D eigenvalue weighted by Gasteiger charge is 2.10. The molecular weight excluding hydrogens is 258 g/mol. The molecule has 3 aromatic rings. The van der Waals surface area contributed by atoms with E-state index in [0.717, 1.165) is 36.3 Å². The molecule has 21 heavy (non-hydrogen) atoms. The molecule has 0 bridgehead atoms. The predicted octanol–water partition coefficient (Wildman–Crippen LogP) is 4.88. The first kappa shape index (κ1) is 13.6. The molecule has 0 aliphatic carbocycles. The smallest absolute Gasteiger partial charge is 0.130 e. The Hall–Kier alpha value is -2.35. The van der Waals surface area contributed by atoms with Crippen molar-refractivity contribution in [3.8, 4) is 16.9 Å². The molecule has 0 aliphatic rings. The molecule has 2 heteroatoms. The van der Waals surface area contributed by atoms with Crippen LogP contribution < -0.4 is 4.74 Å². The minimum atomic E-state index is 0.728. The van der Waals surface area contributed by atoms with Crippen LogP contribution in [0.2, 0.25) is 0 Å². The molecular formula is C19H18NO. The maximum absolute atomic E-state index is 5.91. The average molecular weight is 276 g/mol. The maximum Gasteiger partial charge on any atom is 0.130 e. The van der Waals surface area contributed by atoms with Gasteiger partial charge in [-0.05, 0) is 28.8 Å². The zero-order chi connectivity index (χ0) is 14.5. The van der Waals surface area contributed by atoms with E-state index >= 15 is 0 Å². The molecule has 0 atom stereocenters. The van der Waals surface area contributed by atoms with Crippen molar-refractivity contribution < 1.29 is 4.74 Å². The van der Waals surface area contributed by atoms with Crippen LogP contribution in [0.4, 0.5) is 0 Å². The summed E-state index contributed by atoms with van der Waals surface area (Å²) in [4.78, 5) is 4.15. The largest absolute Gasteiger partial charge is 0.493 e. The number of pyridine rings is 1. The normalized spacial score (nSPS) is 10.7. The van der Waals surface area contributed by atoms with Gasteiger partial charge in [0.05, 0.1) is 12.2 Å². The number of ether oxygens (including phenoxy) is 1. The van der Waals surface area contributed by atoms with Crippen LogP contribution in [0.1, 0.15) is 19.8 Å². The minimum absolute atomic E-state index is 0.728. The van der Waals surface area contributed by atoms with Gasteiger partial charge in [0.2, 0.25) is 0 Å². The molecule has 2 aromatic carbocycles. The second-order valence-electron chi connectivity index (χ2n) is 5.02. The van der Waals surface area contributed by atoms with E-state index in [0.29, 0.717) is 0 Å². The third kappa shape index (κ3) is 2.89. The Morgan fingerprint density at radius 1 is 1.05 bits per heavy atom. The van der Waals surface area contributed by atoms with Crippen molar-refractivity contribution in [1.82, 2.24) is 4.98 Å². The van der Waals surface area contributed by atoms with Crippen LogP contribution in [0.3, 0.4) is 0 Å². The summed E-state index contributed by atoms with van der Waals surface area (Å²) in [7, 11) is 0. The Kier molecular flexibility index (Phi) is 4.15. The molecule has 0 amide bonds. The standard InChI is InChI=1S/C19H18NO/c1-2-3-13-21-19-11-12-20-14-18(19)17-10-6-8-15-7-4-5-9-16(15)17/h4-12H,2-3,13H2,1H3. The molecule has 0 N–H and O–H groups in total. The van der Waals surface area contributed by atoms with Gasteiger partial charge in [-0.3, -0.25) is 4.98 Å². The van der Waals surface area contributed by atoms with E-state index in [9.17, 15) is 0 Å². The fraction of sp³-hybridized carbons (Fsp3) is 0.211. The van der Waals surface area contributed by atoms with Crippen LogP contribution >= 0.6 is 0 Å². The Morgan fingerprint density at radius 3 is 2.81 bits per heavy atom. The van der Waals surface area contributed by atoms with Crippen molar-refractivity contribution in [2.24, 2.45) is 0 Å². The highest BCUT2D eigenvalue weighted by atomic mass is 16.5. The fourth-order valence-electron chi connectivity index (χ4n) is 2.43. The molecule has 3 rings (SSSR count). The molecule has 1 heterocycles. The van der Waals surface area contributed by atoms with Gasteiger partial charge in [0.15, 0.2) is 0 Å². The van der Waals surface area contributed by atoms with Gasteiger partial charge in [0, 0.05) is 6.20 Å². The Bertz CT molecular complexity index is 731. The van der Waals surface area contributed by atoms with E-state index in [4.69, 9.17) is 4.74 Å². The fourth-order valence-corrected chi connectivity index (χ4v) is 2.43. The lowest BCUT2D eigenvalue weighted by Crippen LogP contribution is -1.98. The number of benzene rings is 2. The molecule has 1 aromatic heterocycles. The number of rotatable bonds is 5. The Labute approximate surface area is 125 Å². The number of unbranched alkanes of at least 4 members (excludes halogenated alkanes) is 1. The van der Waals surface area contributed by atoms with Crippen LogP contribution in [0.5, 0.6) is 5.75 Å². The monoisotopic (exact) mass is 276 g/mol. The van der Waals surface area contributed by atoms with E-state index in [1.807, 2.05) is 6.07 Å². The number of hydrogen-bond acceptors (Lipinski definition) is 2. The van der Waals surface area contributed by atoms with Crippen molar-refractivity contribution >= 4 is 10.8 Å². The van der Waals surface area contributed by atoms with Crippen LogP contribution in [0, 0.1) is 6.20 Å². The van der Waals surface area contributed by atoms with Gasteiger partial charge < -0.3 is 4.74 Å². The number of aromatic nitrogens is 1. The number of nitrogens with zero attached hydrogens (tertiary/aromatic N) is 1. The molecule has 1 radical (unpaired) electrons. The molecule has 0 fully saturated rings. The Morgan fingerprint density at radius 2 is 1.90 bits per heavy atom. The number of fused-ring (bicyclic) bond motifs is 1. The maximum atomic E-state index is 5.91. The van der Waals surface area contributed by atoms with Gasteiger partial charge in [0.25, 0.3) is 0 Å². The highest BCUT2D eigenvalue weighted by molar-refractivity contribution is 5.97. The summed E-state index contributed by atoms with van der Waals surface area (Å²) in [5.74, 6) is 0.856. The summed E-state index contributed by atoms with van der Waals surface area (Å²) in [6, 6.07) is 16.6. The van der Waals surface area contributed by atoms with Crippen molar-refractivity contribution in [3.05, 3.63) is 60.9 Å². The van der Waals surface area contributed by atoms with E-state index in [1.54, 1.807) is 6.20 Å². The van der Waals surface area contributed by atoms with Crippen molar-refractivity contribution in [1.29, 1.82) is 0 Å². The molecule has 0 spiro atoms. The second-order valence-corrected chi connectivity index (χ2v) is 5.02. The van der Waals surface area contributed by atoms with Gasteiger partial charge >= 0.3 is 0 Å². The molecule has 0 aliphatic heterocycles. The number of hydrogen-bond donors (Lipinski definition) is 0. The zero-order valence-corrected chi connectivity index (χ0v) is 12.2. The van der Waals surface area contributed by atoms with E-state index in [-0.39, 0.29) is 0 Å². The minimum Gasteiger partial charge on any atom is -0.493 e. The second kappa shape index (κ2) is 6.40. The summed E-state index contributed by atoms with van der Waals surface area (Å²) < 4.78 is 5.91. The van der Waals surface area contributed by atoms with Gasteiger partial charge in [-0.2, -0.15) is 0 Å². The van der Waals surface area contributed by atoms with Gasteiger partial charge in [-0.25, -0.2) is 0 Å². The lowest BCUT2D eigenvalue weighted by Gasteiger charge is -2.12. The first-order chi connectivity index (χ1) is 10.4. The topological polar surface area (TPSA) is 22.1 Å². The summed E-state index contributed by atoms with van der Waals surface area (Å²) >= 11 is 0. The van der Waals surface area contributed by atoms with Crippen LogP contribution in [-0.4, -0.2) is 11.6 Å². The zero-order valence-electron chi connectivity index (χ0n) is 12.2. The summed E-state index contributed by atoms with van der Waals surface area (Å²) in [5, 5.41) is 2.41. The van der Waals surface area contributed by atoms with Crippen LogP contribution in [-0.2, 0) is 0 Å². The van der Waals surface area contributed by atoms with Gasteiger partial charge in [-0.15, -0.1) is 0 Å². The van der Waals surface area contributed by atoms with E-state index < -0.39 is 0 Å². The van der Waals surface area contributed by atoms with Crippen molar-refractivity contribution in [3.63, 3.8) is 0 Å². The lowest BCUT2D eigenvalue weighted by molar-refractivity contribution is 0.310. The van der Waals surface area contributed by atoms with Gasteiger partial charge in [0.1, 0.15) is 11.9 Å². The molecule has 2 nitrogen and oxygen atoms in total. The van der Waals surface area contributed by atoms with Gasteiger partial charge in [-0.1, -0.05) is 55.8 Å².